The zero-order valence-electron chi connectivity index (χ0n) is 11.2. The molecule has 0 saturated carbocycles. The first kappa shape index (κ1) is 16.4. The number of amides is 1. The van der Waals surface area contributed by atoms with Crippen LogP contribution in [0.2, 0.25) is 0 Å². The Balaban J connectivity index is 3.61. The molecule has 0 aromatic rings. The second kappa shape index (κ2) is 10.5. The summed E-state index contributed by atoms with van der Waals surface area (Å²) in [5.74, 6) is 0.340. The Morgan fingerprint density at radius 3 is 2.47 bits per heavy atom. The van der Waals surface area contributed by atoms with Gasteiger partial charge >= 0.3 is 0 Å². The average Bonchev–Trinajstić information content (AvgIpc) is 2.33. The van der Waals surface area contributed by atoms with Crippen LogP contribution in [0.3, 0.4) is 0 Å². The third-order valence-electron chi connectivity index (χ3n) is 2.85. The highest BCUT2D eigenvalue weighted by molar-refractivity contribution is 5.77. The molecule has 1 atom stereocenters. The fourth-order valence-corrected chi connectivity index (χ4v) is 1.65. The minimum Gasteiger partial charge on any atom is -0.382 e. The monoisotopic (exact) mass is 246 g/mol. The number of carbonyl (C=O) groups excluding carboxylic acids is 1. The lowest BCUT2D eigenvalue weighted by Gasteiger charge is -2.21. The van der Waals surface area contributed by atoms with Gasteiger partial charge in [-0.15, -0.1) is 0 Å². The van der Waals surface area contributed by atoms with Crippen LogP contribution in [0.4, 0.5) is 0 Å². The van der Waals surface area contributed by atoms with Gasteiger partial charge in [0.25, 0.3) is 0 Å². The molecule has 0 aliphatic rings. The van der Waals surface area contributed by atoms with Crippen molar-refractivity contribution in [1.82, 2.24) is 5.32 Å². The molecule has 3 N–H and O–H groups in total. The molecule has 17 heavy (non-hydrogen) atoms. The minimum atomic E-state index is -0.123. The van der Waals surface area contributed by atoms with Crippen molar-refractivity contribution < 1.29 is 14.3 Å². The summed E-state index contributed by atoms with van der Waals surface area (Å²) in [6, 6.07) is 0.0212. The molecule has 0 bridgehead atoms. The van der Waals surface area contributed by atoms with Crippen molar-refractivity contribution in [3.05, 3.63) is 0 Å². The SMILES string of the molecule is CCC(CC)C(N)CNC(=O)COCCOC. The first-order valence-corrected chi connectivity index (χ1v) is 6.24. The molecule has 0 aromatic carbocycles. The third-order valence-corrected chi connectivity index (χ3v) is 2.85. The Morgan fingerprint density at radius 1 is 1.29 bits per heavy atom. The van der Waals surface area contributed by atoms with E-state index in [1.807, 2.05) is 0 Å². The lowest BCUT2D eigenvalue weighted by Crippen LogP contribution is -2.42. The first-order chi connectivity index (χ1) is 8.15. The molecule has 0 fully saturated rings. The Labute approximate surface area is 104 Å². The van der Waals surface area contributed by atoms with Gasteiger partial charge in [-0.1, -0.05) is 26.7 Å². The number of rotatable bonds is 10. The van der Waals surface area contributed by atoms with E-state index >= 15 is 0 Å². The first-order valence-electron chi connectivity index (χ1n) is 6.24. The molecule has 0 radical (unpaired) electrons. The van der Waals surface area contributed by atoms with E-state index < -0.39 is 0 Å². The van der Waals surface area contributed by atoms with E-state index in [2.05, 4.69) is 19.2 Å². The second-order valence-electron chi connectivity index (χ2n) is 4.09. The summed E-state index contributed by atoms with van der Waals surface area (Å²) in [5, 5.41) is 2.78. The molecular formula is C12H26N2O3. The van der Waals surface area contributed by atoms with Gasteiger partial charge in [0.2, 0.25) is 5.91 Å². The van der Waals surface area contributed by atoms with Crippen molar-refractivity contribution in [2.75, 3.05) is 33.5 Å². The average molecular weight is 246 g/mol. The second-order valence-corrected chi connectivity index (χ2v) is 4.09. The van der Waals surface area contributed by atoms with Crippen LogP contribution in [-0.2, 0) is 14.3 Å². The minimum absolute atomic E-state index is 0.0212. The molecule has 0 aliphatic carbocycles. The quantitative estimate of drug-likeness (QED) is 0.551. The summed E-state index contributed by atoms with van der Waals surface area (Å²) in [7, 11) is 1.60. The summed E-state index contributed by atoms with van der Waals surface area (Å²) >= 11 is 0. The highest BCUT2D eigenvalue weighted by Gasteiger charge is 2.14. The molecule has 0 heterocycles. The topological polar surface area (TPSA) is 73.6 Å². The summed E-state index contributed by atoms with van der Waals surface area (Å²) in [4.78, 5) is 11.4. The van der Waals surface area contributed by atoms with E-state index in [0.717, 1.165) is 12.8 Å². The van der Waals surface area contributed by atoms with Crippen molar-refractivity contribution in [3.8, 4) is 0 Å². The zero-order valence-corrected chi connectivity index (χ0v) is 11.2. The molecule has 5 heteroatoms. The predicted octanol–water partition coefficient (Wildman–Crippen LogP) is 0.529. The fourth-order valence-electron chi connectivity index (χ4n) is 1.65. The maximum atomic E-state index is 11.4. The number of hydrogen-bond acceptors (Lipinski definition) is 4. The van der Waals surface area contributed by atoms with Crippen molar-refractivity contribution in [2.45, 2.75) is 32.7 Å². The molecule has 102 valence electrons. The fraction of sp³-hybridized carbons (Fsp3) is 0.917. The van der Waals surface area contributed by atoms with Gasteiger partial charge in [0.15, 0.2) is 0 Å². The van der Waals surface area contributed by atoms with E-state index in [4.69, 9.17) is 15.2 Å². The highest BCUT2D eigenvalue weighted by atomic mass is 16.5. The number of nitrogens with two attached hydrogens (primary N) is 1. The van der Waals surface area contributed by atoms with Crippen LogP contribution in [0.1, 0.15) is 26.7 Å². The van der Waals surface area contributed by atoms with Crippen molar-refractivity contribution in [1.29, 1.82) is 0 Å². The Hall–Kier alpha value is -0.650. The number of ether oxygens (including phenoxy) is 2. The van der Waals surface area contributed by atoms with Crippen LogP contribution in [0.5, 0.6) is 0 Å². The third kappa shape index (κ3) is 8.12. The zero-order chi connectivity index (χ0) is 13.1. The van der Waals surface area contributed by atoms with Crippen molar-refractivity contribution in [2.24, 2.45) is 11.7 Å². The van der Waals surface area contributed by atoms with Gasteiger partial charge in [0.1, 0.15) is 6.61 Å². The summed E-state index contributed by atoms with van der Waals surface area (Å²) in [6.07, 6.45) is 2.08. The molecule has 1 amide bonds. The molecule has 0 aliphatic heterocycles. The smallest absolute Gasteiger partial charge is 0.246 e. The van der Waals surface area contributed by atoms with Crippen LogP contribution in [0.15, 0.2) is 0 Å². The van der Waals surface area contributed by atoms with E-state index in [0.29, 0.717) is 25.7 Å². The maximum absolute atomic E-state index is 11.4. The van der Waals surface area contributed by atoms with Crippen LogP contribution in [0.25, 0.3) is 0 Å². The number of methoxy groups -OCH3 is 1. The van der Waals surface area contributed by atoms with Crippen LogP contribution < -0.4 is 11.1 Å². The van der Waals surface area contributed by atoms with E-state index in [9.17, 15) is 4.79 Å². The molecule has 0 rings (SSSR count). The van der Waals surface area contributed by atoms with Crippen LogP contribution in [-0.4, -0.2) is 45.4 Å². The van der Waals surface area contributed by atoms with Crippen molar-refractivity contribution in [3.63, 3.8) is 0 Å². The van der Waals surface area contributed by atoms with Gasteiger partial charge in [0.05, 0.1) is 13.2 Å². The lowest BCUT2D eigenvalue weighted by atomic mass is 9.95. The molecule has 1 unspecified atom stereocenters. The van der Waals surface area contributed by atoms with E-state index in [-0.39, 0.29) is 18.6 Å². The molecular weight excluding hydrogens is 220 g/mol. The Kier molecular flexibility index (Phi) is 10.1. The Bertz CT molecular complexity index is 196. The van der Waals surface area contributed by atoms with Crippen LogP contribution >= 0.6 is 0 Å². The predicted molar refractivity (Wildman–Crippen MR) is 67.8 cm³/mol. The van der Waals surface area contributed by atoms with Gasteiger partial charge < -0.3 is 20.5 Å². The number of nitrogens with one attached hydrogen (secondary N) is 1. The van der Waals surface area contributed by atoms with Gasteiger partial charge in [-0.05, 0) is 5.92 Å². The van der Waals surface area contributed by atoms with E-state index in [1.165, 1.54) is 0 Å². The maximum Gasteiger partial charge on any atom is 0.246 e. The van der Waals surface area contributed by atoms with Gasteiger partial charge in [-0.3, -0.25) is 4.79 Å². The molecule has 0 saturated heterocycles. The van der Waals surface area contributed by atoms with Gasteiger partial charge in [-0.2, -0.15) is 0 Å². The number of hydrogen-bond donors (Lipinski definition) is 2. The van der Waals surface area contributed by atoms with E-state index in [1.54, 1.807) is 7.11 Å². The standard InChI is InChI=1S/C12H26N2O3/c1-4-10(5-2)11(13)8-14-12(15)9-17-7-6-16-3/h10-11H,4-9,13H2,1-3H3,(H,14,15). The normalized spacial score (nSPS) is 12.8. The lowest BCUT2D eigenvalue weighted by molar-refractivity contribution is -0.126. The summed E-state index contributed by atoms with van der Waals surface area (Å²) < 4.78 is 9.91. The summed E-state index contributed by atoms with van der Waals surface area (Å²) in [6.45, 7) is 5.74. The van der Waals surface area contributed by atoms with Crippen molar-refractivity contribution >= 4 is 5.91 Å². The van der Waals surface area contributed by atoms with Gasteiger partial charge in [0, 0.05) is 19.7 Å². The Morgan fingerprint density at radius 2 is 1.94 bits per heavy atom. The largest absolute Gasteiger partial charge is 0.382 e. The molecule has 0 spiro atoms. The number of carbonyl (C=O) groups is 1. The summed E-state index contributed by atoms with van der Waals surface area (Å²) in [5.41, 5.74) is 5.99. The highest BCUT2D eigenvalue weighted by Crippen LogP contribution is 2.10. The molecule has 0 aromatic heterocycles. The molecule has 5 nitrogen and oxygen atoms in total. The van der Waals surface area contributed by atoms with Crippen LogP contribution in [0, 0.1) is 5.92 Å². The van der Waals surface area contributed by atoms with Gasteiger partial charge in [-0.25, -0.2) is 0 Å².